The predicted octanol–water partition coefficient (Wildman–Crippen LogP) is 0.412. The monoisotopic (exact) mass is 274 g/mol. The molecule has 1 aromatic heterocycles. The van der Waals surface area contributed by atoms with E-state index in [0.29, 0.717) is 18.9 Å². The van der Waals surface area contributed by atoms with Gasteiger partial charge >= 0.3 is 0 Å². The Balaban J connectivity index is 2.27. The molecule has 1 aromatic rings. The van der Waals surface area contributed by atoms with Crippen molar-refractivity contribution in [1.82, 2.24) is 9.97 Å². The number of rotatable bonds is 3. The average Bonchev–Trinajstić information content (AvgIpc) is 2.47. The summed E-state index contributed by atoms with van der Waals surface area (Å²) in [5.41, 5.74) is 11.0. The molecule has 1 saturated heterocycles. The summed E-state index contributed by atoms with van der Waals surface area (Å²) >= 11 is 0. The Hall–Kier alpha value is -2.36. The first-order valence-electron chi connectivity index (χ1n) is 6.60. The fourth-order valence-electron chi connectivity index (χ4n) is 2.59. The number of carbonyl (C=O) groups is 1. The SMILES string of the molecule is CCC1(C(N)=O)CCCN(c2ncc(C#N)c(N)n2)C1. The number of anilines is 2. The standard InChI is InChI=1S/C13H18N6O/c1-2-13(11(16)20)4-3-5-19(8-13)12-17-7-9(6-14)10(15)18-12/h7H,2-5,8H2,1H3,(H2,16,20)(H2,15,17,18). The van der Waals surface area contributed by atoms with Gasteiger partial charge in [-0.25, -0.2) is 4.98 Å². The summed E-state index contributed by atoms with van der Waals surface area (Å²) in [5, 5.41) is 8.83. The van der Waals surface area contributed by atoms with Gasteiger partial charge in [-0.15, -0.1) is 0 Å². The molecule has 0 radical (unpaired) electrons. The third kappa shape index (κ3) is 2.37. The highest BCUT2D eigenvalue weighted by Gasteiger charge is 2.39. The topological polar surface area (TPSA) is 122 Å². The van der Waals surface area contributed by atoms with Crippen LogP contribution in [0.15, 0.2) is 6.20 Å². The minimum Gasteiger partial charge on any atom is -0.382 e. The van der Waals surface area contributed by atoms with E-state index in [1.54, 1.807) is 0 Å². The Kier molecular flexibility index (Phi) is 3.74. The first-order chi connectivity index (χ1) is 9.52. The van der Waals surface area contributed by atoms with Crippen molar-refractivity contribution in [1.29, 1.82) is 5.26 Å². The van der Waals surface area contributed by atoms with Crippen molar-refractivity contribution >= 4 is 17.7 Å². The van der Waals surface area contributed by atoms with Gasteiger partial charge in [-0.3, -0.25) is 4.79 Å². The van der Waals surface area contributed by atoms with E-state index in [2.05, 4.69) is 9.97 Å². The average molecular weight is 274 g/mol. The van der Waals surface area contributed by atoms with Crippen LogP contribution in [-0.2, 0) is 4.79 Å². The molecule has 2 rings (SSSR count). The number of aromatic nitrogens is 2. The van der Waals surface area contributed by atoms with Gasteiger partial charge in [0.1, 0.15) is 17.5 Å². The van der Waals surface area contributed by atoms with Gasteiger partial charge in [-0.2, -0.15) is 10.2 Å². The minimum atomic E-state index is -0.537. The highest BCUT2D eigenvalue weighted by molar-refractivity contribution is 5.81. The Bertz CT molecular complexity index is 566. The zero-order valence-electron chi connectivity index (χ0n) is 11.5. The summed E-state index contributed by atoms with van der Waals surface area (Å²) in [6, 6.07) is 1.93. The van der Waals surface area contributed by atoms with Crippen molar-refractivity contribution in [3.63, 3.8) is 0 Å². The maximum Gasteiger partial charge on any atom is 0.227 e. The molecule has 0 bridgehead atoms. The molecule has 4 N–H and O–H groups in total. The highest BCUT2D eigenvalue weighted by atomic mass is 16.1. The lowest BCUT2D eigenvalue weighted by Crippen LogP contribution is -2.50. The van der Waals surface area contributed by atoms with Crippen molar-refractivity contribution in [2.75, 3.05) is 23.7 Å². The summed E-state index contributed by atoms with van der Waals surface area (Å²) in [6.45, 7) is 3.20. The molecular formula is C13H18N6O. The van der Waals surface area contributed by atoms with Gasteiger partial charge in [-0.05, 0) is 19.3 Å². The van der Waals surface area contributed by atoms with E-state index >= 15 is 0 Å². The number of nitriles is 1. The molecule has 1 aliphatic rings. The Morgan fingerprint density at radius 2 is 2.40 bits per heavy atom. The molecule has 0 aromatic carbocycles. The van der Waals surface area contributed by atoms with Gasteiger partial charge in [-0.1, -0.05) is 6.92 Å². The lowest BCUT2D eigenvalue weighted by Gasteiger charge is -2.40. The number of amides is 1. The number of hydrogen-bond donors (Lipinski definition) is 2. The van der Waals surface area contributed by atoms with Gasteiger partial charge in [0.2, 0.25) is 11.9 Å². The maximum absolute atomic E-state index is 11.7. The van der Waals surface area contributed by atoms with Crippen LogP contribution in [0.1, 0.15) is 31.7 Å². The molecule has 1 unspecified atom stereocenters. The Labute approximate surface area is 117 Å². The van der Waals surface area contributed by atoms with Crippen molar-refractivity contribution < 1.29 is 4.79 Å². The predicted molar refractivity (Wildman–Crippen MR) is 74.5 cm³/mol. The third-order valence-corrected chi connectivity index (χ3v) is 3.99. The number of nitrogens with two attached hydrogens (primary N) is 2. The van der Waals surface area contributed by atoms with Crippen LogP contribution in [0.4, 0.5) is 11.8 Å². The molecule has 1 fully saturated rings. The van der Waals surface area contributed by atoms with E-state index in [4.69, 9.17) is 16.7 Å². The fourth-order valence-corrected chi connectivity index (χ4v) is 2.59. The first kappa shape index (κ1) is 14.1. The molecule has 7 nitrogen and oxygen atoms in total. The van der Waals surface area contributed by atoms with Crippen molar-refractivity contribution in [2.45, 2.75) is 26.2 Å². The second-order valence-electron chi connectivity index (χ2n) is 5.10. The van der Waals surface area contributed by atoms with Crippen LogP contribution in [0.2, 0.25) is 0 Å². The molecule has 1 amide bonds. The van der Waals surface area contributed by atoms with Gasteiger partial charge in [0, 0.05) is 13.1 Å². The number of nitrogen functional groups attached to an aromatic ring is 1. The van der Waals surface area contributed by atoms with Crippen LogP contribution in [0.25, 0.3) is 0 Å². The van der Waals surface area contributed by atoms with Crippen LogP contribution in [-0.4, -0.2) is 29.0 Å². The van der Waals surface area contributed by atoms with Crippen molar-refractivity contribution in [3.05, 3.63) is 11.8 Å². The number of primary amides is 1. The van der Waals surface area contributed by atoms with E-state index < -0.39 is 5.41 Å². The molecule has 1 aliphatic heterocycles. The van der Waals surface area contributed by atoms with E-state index in [1.807, 2.05) is 17.9 Å². The van der Waals surface area contributed by atoms with Gasteiger partial charge < -0.3 is 16.4 Å². The molecular weight excluding hydrogens is 256 g/mol. The normalized spacial score (nSPS) is 22.3. The quantitative estimate of drug-likeness (QED) is 0.823. The summed E-state index contributed by atoms with van der Waals surface area (Å²) in [6.07, 6.45) is 3.72. The van der Waals surface area contributed by atoms with Crippen molar-refractivity contribution in [3.8, 4) is 6.07 Å². The fraction of sp³-hybridized carbons (Fsp3) is 0.538. The largest absolute Gasteiger partial charge is 0.382 e. The lowest BCUT2D eigenvalue weighted by molar-refractivity contribution is -0.128. The lowest BCUT2D eigenvalue weighted by atomic mass is 9.77. The van der Waals surface area contributed by atoms with Crippen LogP contribution >= 0.6 is 0 Å². The second kappa shape index (κ2) is 5.33. The minimum absolute atomic E-state index is 0.157. The number of carbonyl (C=O) groups excluding carboxylic acids is 1. The molecule has 20 heavy (non-hydrogen) atoms. The van der Waals surface area contributed by atoms with Crippen LogP contribution in [0, 0.1) is 16.7 Å². The zero-order chi connectivity index (χ0) is 14.8. The number of hydrogen-bond acceptors (Lipinski definition) is 6. The van der Waals surface area contributed by atoms with Crippen LogP contribution < -0.4 is 16.4 Å². The van der Waals surface area contributed by atoms with Crippen LogP contribution in [0.5, 0.6) is 0 Å². The molecule has 0 saturated carbocycles. The van der Waals surface area contributed by atoms with E-state index in [0.717, 1.165) is 19.4 Å². The molecule has 7 heteroatoms. The molecule has 2 heterocycles. The summed E-state index contributed by atoms with van der Waals surface area (Å²) in [4.78, 5) is 21.9. The Morgan fingerprint density at radius 3 is 2.95 bits per heavy atom. The first-order valence-corrected chi connectivity index (χ1v) is 6.60. The summed E-state index contributed by atoms with van der Waals surface area (Å²) < 4.78 is 0. The molecule has 0 spiro atoms. The van der Waals surface area contributed by atoms with E-state index in [9.17, 15) is 4.79 Å². The highest BCUT2D eigenvalue weighted by Crippen LogP contribution is 2.34. The van der Waals surface area contributed by atoms with Gasteiger partial charge in [0.05, 0.1) is 11.6 Å². The van der Waals surface area contributed by atoms with E-state index in [1.165, 1.54) is 6.20 Å². The third-order valence-electron chi connectivity index (χ3n) is 3.99. The summed E-state index contributed by atoms with van der Waals surface area (Å²) in [7, 11) is 0. The number of piperidine rings is 1. The molecule has 0 aliphatic carbocycles. The van der Waals surface area contributed by atoms with E-state index in [-0.39, 0.29) is 17.3 Å². The second-order valence-corrected chi connectivity index (χ2v) is 5.10. The molecule has 106 valence electrons. The summed E-state index contributed by atoms with van der Waals surface area (Å²) in [5.74, 6) is 0.316. The van der Waals surface area contributed by atoms with Gasteiger partial charge in [0.15, 0.2) is 0 Å². The Morgan fingerprint density at radius 1 is 1.65 bits per heavy atom. The van der Waals surface area contributed by atoms with Crippen LogP contribution in [0.3, 0.4) is 0 Å². The maximum atomic E-state index is 11.7. The zero-order valence-corrected chi connectivity index (χ0v) is 11.5. The smallest absolute Gasteiger partial charge is 0.227 e. The number of nitrogens with zero attached hydrogens (tertiary/aromatic N) is 4. The van der Waals surface area contributed by atoms with Crippen molar-refractivity contribution in [2.24, 2.45) is 11.1 Å². The molecule has 1 atom stereocenters. The van der Waals surface area contributed by atoms with Gasteiger partial charge in [0.25, 0.3) is 0 Å².